The predicted octanol–water partition coefficient (Wildman–Crippen LogP) is 1.27. The summed E-state index contributed by atoms with van der Waals surface area (Å²) in [5, 5.41) is 1.97. The van der Waals surface area contributed by atoms with Crippen molar-refractivity contribution in [1.82, 2.24) is 15.2 Å². The molecule has 2 unspecified atom stereocenters. The van der Waals surface area contributed by atoms with Crippen molar-refractivity contribution in [3.63, 3.8) is 0 Å². The third kappa shape index (κ3) is 3.13. The molecular formula is C15H24N4OS. The standard InChI is InChI=1S/C15H24N4OS/c1-18-6-2-3-11-9-19(7-4-13(11)18)10-12-5-8-21-14(12)15(20)17-16/h5,8,11,13H,2-4,6-7,9-10,16H2,1H3,(H,17,20). The van der Waals surface area contributed by atoms with Gasteiger partial charge >= 0.3 is 0 Å². The van der Waals surface area contributed by atoms with Crippen molar-refractivity contribution < 1.29 is 4.79 Å². The molecule has 21 heavy (non-hydrogen) atoms. The van der Waals surface area contributed by atoms with Crippen molar-refractivity contribution in [2.75, 3.05) is 26.7 Å². The summed E-state index contributed by atoms with van der Waals surface area (Å²) in [4.78, 5) is 17.5. The lowest BCUT2D eigenvalue weighted by Gasteiger charge is -2.46. The molecule has 1 aromatic heterocycles. The monoisotopic (exact) mass is 308 g/mol. The molecule has 0 aromatic carbocycles. The van der Waals surface area contributed by atoms with E-state index in [1.54, 1.807) is 0 Å². The van der Waals surface area contributed by atoms with Crippen LogP contribution in [0.3, 0.4) is 0 Å². The summed E-state index contributed by atoms with van der Waals surface area (Å²) in [5.41, 5.74) is 3.34. The van der Waals surface area contributed by atoms with Crippen molar-refractivity contribution in [2.45, 2.75) is 31.8 Å². The number of fused-ring (bicyclic) bond motifs is 1. The SMILES string of the molecule is CN1CCCC2CN(Cc3ccsc3C(=O)NN)CCC21. The van der Waals surface area contributed by atoms with Crippen LogP contribution in [0.2, 0.25) is 0 Å². The van der Waals surface area contributed by atoms with E-state index >= 15 is 0 Å². The Hall–Kier alpha value is -0.950. The van der Waals surface area contributed by atoms with Gasteiger partial charge in [-0.3, -0.25) is 15.1 Å². The minimum atomic E-state index is -0.174. The summed E-state index contributed by atoms with van der Waals surface area (Å²) in [6.07, 6.45) is 3.89. The lowest BCUT2D eigenvalue weighted by molar-refractivity contribution is 0.0354. The highest BCUT2D eigenvalue weighted by Gasteiger charge is 2.34. The van der Waals surface area contributed by atoms with E-state index in [0.29, 0.717) is 0 Å². The molecule has 116 valence electrons. The lowest BCUT2D eigenvalue weighted by Crippen LogP contribution is -2.52. The largest absolute Gasteiger partial charge is 0.303 e. The normalized spacial score (nSPS) is 27.3. The number of amides is 1. The van der Waals surface area contributed by atoms with Crippen LogP contribution in [-0.2, 0) is 6.54 Å². The first-order valence-electron chi connectivity index (χ1n) is 7.69. The van der Waals surface area contributed by atoms with Crippen LogP contribution in [0.1, 0.15) is 34.5 Å². The smallest absolute Gasteiger partial charge is 0.275 e. The number of piperidine rings is 2. The summed E-state index contributed by atoms with van der Waals surface area (Å²) < 4.78 is 0. The first-order valence-corrected chi connectivity index (χ1v) is 8.57. The van der Waals surface area contributed by atoms with Crippen molar-refractivity contribution in [3.8, 4) is 0 Å². The Labute approximate surface area is 130 Å². The number of nitrogens with zero attached hydrogens (tertiary/aromatic N) is 2. The minimum Gasteiger partial charge on any atom is -0.303 e. The Balaban J connectivity index is 1.64. The molecule has 0 spiro atoms. The van der Waals surface area contributed by atoms with Gasteiger partial charge in [-0.05, 0) is 62.3 Å². The molecule has 2 aliphatic rings. The van der Waals surface area contributed by atoms with E-state index in [1.807, 2.05) is 11.4 Å². The Kier molecular flexibility index (Phi) is 4.59. The van der Waals surface area contributed by atoms with Crippen molar-refractivity contribution in [2.24, 2.45) is 11.8 Å². The molecule has 6 heteroatoms. The Morgan fingerprint density at radius 2 is 2.33 bits per heavy atom. The topological polar surface area (TPSA) is 61.6 Å². The van der Waals surface area contributed by atoms with Crippen molar-refractivity contribution in [1.29, 1.82) is 0 Å². The average Bonchev–Trinajstić information content (AvgIpc) is 2.95. The third-order valence-corrected chi connectivity index (χ3v) is 5.86. The number of nitrogen functional groups attached to an aromatic ring is 1. The zero-order valence-corrected chi connectivity index (χ0v) is 13.4. The highest BCUT2D eigenvalue weighted by Crippen LogP contribution is 2.30. The number of hydrogen-bond acceptors (Lipinski definition) is 5. The van der Waals surface area contributed by atoms with Gasteiger partial charge in [-0.25, -0.2) is 5.84 Å². The van der Waals surface area contributed by atoms with E-state index in [2.05, 4.69) is 22.3 Å². The molecule has 1 amide bonds. The van der Waals surface area contributed by atoms with Crippen LogP contribution >= 0.6 is 11.3 Å². The van der Waals surface area contributed by atoms with Gasteiger partial charge in [0.25, 0.3) is 5.91 Å². The molecule has 0 aliphatic carbocycles. The van der Waals surface area contributed by atoms with E-state index < -0.39 is 0 Å². The van der Waals surface area contributed by atoms with Crippen molar-refractivity contribution in [3.05, 3.63) is 21.9 Å². The van der Waals surface area contributed by atoms with Gasteiger partial charge in [0, 0.05) is 19.1 Å². The molecule has 3 N–H and O–H groups in total. The molecule has 3 rings (SSSR count). The van der Waals surface area contributed by atoms with Crippen LogP contribution in [-0.4, -0.2) is 48.4 Å². The first kappa shape index (κ1) is 15.0. The van der Waals surface area contributed by atoms with Crippen LogP contribution in [0.5, 0.6) is 0 Å². The maximum atomic E-state index is 11.8. The quantitative estimate of drug-likeness (QED) is 0.501. The number of hydrogen-bond donors (Lipinski definition) is 2. The van der Waals surface area contributed by atoms with E-state index in [1.165, 1.54) is 37.1 Å². The maximum absolute atomic E-state index is 11.8. The molecule has 2 fully saturated rings. The number of carbonyl (C=O) groups is 1. The van der Waals surface area contributed by atoms with Gasteiger partial charge in [0.2, 0.25) is 0 Å². The van der Waals surface area contributed by atoms with Gasteiger partial charge in [-0.2, -0.15) is 0 Å². The van der Waals surface area contributed by atoms with E-state index in [0.717, 1.165) is 42.0 Å². The molecule has 0 bridgehead atoms. The minimum absolute atomic E-state index is 0.174. The van der Waals surface area contributed by atoms with Gasteiger partial charge in [0.1, 0.15) is 0 Å². The third-order valence-electron chi connectivity index (χ3n) is 4.91. The van der Waals surface area contributed by atoms with Gasteiger partial charge in [-0.1, -0.05) is 0 Å². The van der Waals surface area contributed by atoms with Gasteiger partial charge in [0.05, 0.1) is 4.88 Å². The second-order valence-electron chi connectivity index (χ2n) is 6.22. The second-order valence-corrected chi connectivity index (χ2v) is 7.14. The van der Waals surface area contributed by atoms with Gasteiger partial charge in [0.15, 0.2) is 0 Å². The summed E-state index contributed by atoms with van der Waals surface area (Å²) >= 11 is 1.47. The van der Waals surface area contributed by atoms with Crippen LogP contribution in [0.4, 0.5) is 0 Å². The fourth-order valence-electron chi connectivity index (χ4n) is 3.84. The molecule has 0 saturated carbocycles. The van der Waals surface area contributed by atoms with Crippen LogP contribution in [0, 0.1) is 5.92 Å². The average molecular weight is 308 g/mol. The Bertz CT molecular complexity index is 504. The first-order chi connectivity index (χ1) is 10.2. The molecule has 2 aliphatic heterocycles. The fourth-order valence-corrected chi connectivity index (χ4v) is 4.66. The summed E-state index contributed by atoms with van der Waals surface area (Å²) in [6.45, 7) is 4.37. The molecule has 0 radical (unpaired) electrons. The zero-order chi connectivity index (χ0) is 14.8. The number of hydrazine groups is 1. The highest BCUT2D eigenvalue weighted by molar-refractivity contribution is 7.12. The number of thiophene rings is 1. The molecule has 2 atom stereocenters. The summed E-state index contributed by atoms with van der Waals surface area (Å²) in [6, 6.07) is 2.80. The second kappa shape index (κ2) is 6.44. The number of rotatable bonds is 3. The maximum Gasteiger partial charge on any atom is 0.275 e. The van der Waals surface area contributed by atoms with Gasteiger partial charge in [-0.15, -0.1) is 11.3 Å². The van der Waals surface area contributed by atoms with E-state index in [-0.39, 0.29) is 5.91 Å². The number of nitrogens with two attached hydrogens (primary N) is 1. The molecule has 1 aromatic rings. The molecular weight excluding hydrogens is 284 g/mol. The molecule has 5 nitrogen and oxygen atoms in total. The number of nitrogens with one attached hydrogen (secondary N) is 1. The number of likely N-dealkylation sites (tertiary alicyclic amines) is 2. The Morgan fingerprint density at radius 3 is 3.14 bits per heavy atom. The van der Waals surface area contributed by atoms with Crippen LogP contribution in [0.25, 0.3) is 0 Å². The van der Waals surface area contributed by atoms with E-state index in [4.69, 9.17) is 5.84 Å². The summed E-state index contributed by atoms with van der Waals surface area (Å²) in [5.74, 6) is 5.86. The predicted molar refractivity (Wildman–Crippen MR) is 85.0 cm³/mol. The van der Waals surface area contributed by atoms with Crippen molar-refractivity contribution >= 4 is 17.2 Å². The fraction of sp³-hybridized carbons (Fsp3) is 0.667. The molecule has 2 saturated heterocycles. The van der Waals surface area contributed by atoms with Crippen LogP contribution < -0.4 is 11.3 Å². The summed E-state index contributed by atoms with van der Waals surface area (Å²) in [7, 11) is 2.26. The number of carbonyl (C=O) groups excluding carboxylic acids is 1. The Morgan fingerprint density at radius 1 is 1.48 bits per heavy atom. The zero-order valence-electron chi connectivity index (χ0n) is 12.5. The molecule has 3 heterocycles. The lowest BCUT2D eigenvalue weighted by atomic mass is 9.84. The van der Waals surface area contributed by atoms with Crippen LogP contribution in [0.15, 0.2) is 11.4 Å². The van der Waals surface area contributed by atoms with Gasteiger partial charge < -0.3 is 4.90 Å². The highest BCUT2D eigenvalue weighted by atomic mass is 32.1. The van der Waals surface area contributed by atoms with E-state index in [9.17, 15) is 4.79 Å².